The summed E-state index contributed by atoms with van der Waals surface area (Å²) in [5.41, 5.74) is -0.142. The number of ketones is 2. The van der Waals surface area contributed by atoms with Gasteiger partial charge in [-0.05, 0) is 12.8 Å². The Labute approximate surface area is 73.3 Å². The topological polar surface area (TPSA) is 34.1 Å². The number of carbonyl (C=O) groups is 2. The smallest absolute Gasteiger partial charge is 0.146 e. The van der Waals surface area contributed by atoms with Crippen LogP contribution in [0.3, 0.4) is 0 Å². The molecule has 0 atom stereocenters. The second-order valence-corrected chi connectivity index (χ2v) is 3.45. The summed E-state index contributed by atoms with van der Waals surface area (Å²) in [5, 5.41) is 0. The molecule has 0 radical (unpaired) electrons. The average Bonchev–Trinajstić information content (AvgIpc) is 2.29. The van der Waals surface area contributed by atoms with Crippen LogP contribution in [0.2, 0.25) is 0 Å². The summed E-state index contributed by atoms with van der Waals surface area (Å²) >= 11 is 0. The first-order chi connectivity index (χ1) is 5.73. The second kappa shape index (κ2) is 3.38. The molecule has 2 saturated carbocycles. The molecule has 0 N–H and O–H groups in total. The quantitative estimate of drug-likeness (QED) is 0.519. The van der Waals surface area contributed by atoms with Gasteiger partial charge >= 0.3 is 0 Å². The van der Waals surface area contributed by atoms with Gasteiger partial charge in [-0.15, -0.1) is 0 Å². The van der Waals surface area contributed by atoms with Crippen molar-refractivity contribution in [3.05, 3.63) is 0 Å². The molecule has 0 aromatic heterocycles. The zero-order valence-corrected chi connectivity index (χ0v) is 7.85. The van der Waals surface area contributed by atoms with Gasteiger partial charge in [0.05, 0.1) is 6.42 Å². The van der Waals surface area contributed by atoms with E-state index in [1.54, 1.807) is 0 Å². The first-order valence-corrected chi connectivity index (χ1v) is 4.78. The molecule has 1 spiro atoms. The lowest BCUT2D eigenvalue weighted by Crippen LogP contribution is -2.33. The molecule has 0 amide bonds. The third-order valence-corrected chi connectivity index (χ3v) is 2.80. The zero-order chi connectivity index (χ0) is 9.19. The molecule has 0 saturated heterocycles. The van der Waals surface area contributed by atoms with E-state index in [2.05, 4.69) is 0 Å². The Kier molecular flexibility index (Phi) is 2.65. The van der Waals surface area contributed by atoms with Gasteiger partial charge in [0.15, 0.2) is 0 Å². The standard InChI is InChI=1S/C8H10O2.C2H6/c9-6-4-7(10)8(5-6)2-1-3-8;1-2/h1-5H2;1-2H3. The van der Waals surface area contributed by atoms with E-state index in [0.717, 1.165) is 19.3 Å². The largest absolute Gasteiger partial charge is 0.299 e. The highest BCUT2D eigenvalue weighted by Crippen LogP contribution is 2.49. The molecular formula is C10H16O2. The van der Waals surface area contributed by atoms with Crippen molar-refractivity contribution in [3.63, 3.8) is 0 Å². The minimum atomic E-state index is -0.142. The number of carbonyl (C=O) groups excluding carboxylic acids is 2. The maximum absolute atomic E-state index is 11.2. The summed E-state index contributed by atoms with van der Waals surface area (Å²) in [4.78, 5) is 22.0. The average molecular weight is 168 g/mol. The number of hydrogen-bond donors (Lipinski definition) is 0. The predicted octanol–water partition coefficient (Wildman–Crippen LogP) is 2.11. The number of hydrogen-bond acceptors (Lipinski definition) is 2. The van der Waals surface area contributed by atoms with Crippen LogP contribution in [-0.2, 0) is 9.59 Å². The van der Waals surface area contributed by atoms with E-state index in [0.29, 0.717) is 6.42 Å². The molecule has 0 aromatic rings. The Bertz CT molecular complexity index is 202. The van der Waals surface area contributed by atoms with Crippen LogP contribution in [0.1, 0.15) is 46.0 Å². The molecule has 2 rings (SSSR count). The van der Waals surface area contributed by atoms with Gasteiger partial charge in [-0.25, -0.2) is 0 Å². The van der Waals surface area contributed by atoms with Gasteiger partial charge < -0.3 is 0 Å². The molecule has 2 aliphatic carbocycles. The molecule has 0 aliphatic heterocycles. The minimum absolute atomic E-state index is 0.142. The van der Waals surface area contributed by atoms with E-state index in [9.17, 15) is 9.59 Å². The lowest BCUT2D eigenvalue weighted by molar-refractivity contribution is -0.129. The molecule has 0 bridgehead atoms. The van der Waals surface area contributed by atoms with Gasteiger partial charge in [-0.1, -0.05) is 20.3 Å². The number of Topliss-reactive ketones (excluding diaryl/α,β-unsaturated/α-hetero) is 2. The first-order valence-electron chi connectivity index (χ1n) is 4.78. The van der Waals surface area contributed by atoms with E-state index in [4.69, 9.17) is 0 Å². The summed E-state index contributed by atoms with van der Waals surface area (Å²) in [6.45, 7) is 4.00. The monoisotopic (exact) mass is 168 g/mol. The predicted molar refractivity (Wildman–Crippen MR) is 46.9 cm³/mol. The maximum atomic E-state index is 11.2. The molecule has 0 unspecified atom stereocenters. The molecule has 0 aromatic carbocycles. The first kappa shape index (κ1) is 9.43. The third-order valence-electron chi connectivity index (χ3n) is 2.80. The highest BCUT2D eigenvalue weighted by atomic mass is 16.2. The van der Waals surface area contributed by atoms with E-state index in [1.807, 2.05) is 13.8 Å². The van der Waals surface area contributed by atoms with Crippen LogP contribution in [0.15, 0.2) is 0 Å². The van der Waals surface area contributed by atoms with Crippen molar-refractivity contribution in [1.82, 2.24) is 0 Å². The highest BCUT2D eigenvalue weighted by Gasteiger charge is 2.49. The summed E-state index contributed by atoms with van der Waals surface area (Å²) in [5.74, 6) is 0.369. The third kappa shape index (κ3) is 1.30. The molecule has 12 heavy (non-hydrogen) atoms. The Balaban J connectivity index is 0.000000336. The Morgan fingerprint density at radius 2 is 1.75 bits per heavy atom. The maximum Gasteiger partial charge on any atom is 0.146 e. The van der Waals surface area contributed by atoms with Gasteiger partial charge in [0.1, 0.15) is 11.6 Å². The van der Waals surface area contributed by atoms with Crippen molar-refractivity contribution in [1.29, 1.82) is 0 Å². The lowest BCUT2D eigenvalue weighted by atomic mass is 9.67. The molecule has 2 nitrogen and oxygen atoms in total. The van der Waals surface area contributed by atoms with Crippen LogP contribution in [0.4, 0.5) is 0 Å². The number of rotatable bonds is 0. The van der Waals surface area contributed by atoms with Crippen molar-refractivity contribution >= 4 is 11.6 Å². The van der Waals surface area contributed by atoms with E-state index in [-0.39, 0.29) is 23.4 Å². The Morgan fingerprint density at radius 1 is 1.17 bits per heavy atom. The SMILES string of the molecule is CC.O=C1CC(=O)C2(CCC2)C1. The van der Waals surface area contributed by atoms with E-state index < -0.39 is 0 Å². The van der Waals surface area contributed by atoms with Crippen LogP contribution in [0.25, 0.3) is 0 Å². The summed E-state index contributed by atoms with van der Waals surface area (Å²) in [7, 11) is 0. The fourth-order valence-electron chi connectivity index (χ4n) is 1.96. The normalized spacial score (nSPS) is 24.8. The van der Waals surface area contributed by atoms with E-state index in [1.165, 1.54) is 0 Å². The van der Waals surface area contributed by atoms with Crippen LogP contribution >= 0.6 is 0 Å². The Morgan fingerprint density at radius 3 is 1.92 bits per heavy atom. The summed E-state index contributed by atoms with van der Waals surface area (Å²) in [6.07, 6.45) is 3.85. The highest BCUT2D eigenvalue weighted by molar-refractivity contribution is 6.09. The van der Waals surface area contributed by atoms with Crippen molar-refractivity contribution < 1.29 is 9.59 Å². The molecule has 2 aliphatic rings. The minimum Gasteiger partial charge on any atom is -0.299 e. The molecule has 0 heterocycles. The van der Waals surface area contributed by atoms with Gasteiger partial charge in [0, 0.05) is 11.8 Å². The molecule has 2 fully saturated rings. The van der Waals surface area contributed by atoms with Crippen LogP contribution in [0, 0.1) is 5.41 Å². The summed E-state index contributed by atoms with van der Waals surface area (Å²) in [6, 6.07) is 0. The van der Waals surface area contributed by atoms with Crippen LogP contribution in [0.5, 0.6) is 0 Å². The van der Waals surface area contributed by atoms with Crippen molar-refractivity contribution in [2.24, 2.45) is 5.41 Å². The molecular weight excluding hydrogens is 152 g/mol. The van der Waals surface area contributed by atoms with Crippen molar-refractivity contribution in [3.8, 4) is 0 Å². The van der Waals surface area contributed by atoms with Crippen LogP contribution < -0.4 is 0 Å². The molecule has 2 heteroatoms. The fraction of sp³-hybridized carbons (Fsp3) is 0.800. The van der Waals surface area contributed by atoms with Gasteiger partial charge in [0.25, 0.3) is 0 Å². The van der Waals surface area contributed by atoms with Gasteiger partial charge in [-0.2, -0.15) is 0 Å². The van der Waals surface area contributed by atoms with Crippen LogP contribution in [-0.4, -0.2) is 11.6 Å². The van der Waals surface area contributed by atoms with Crippen molar-refractivity contribution in [2.75, 3.05) is 0 Å². The lowest BCUT2D eigenvalue weighted by Gasteiger charge is -2.35. The zero-order valence-electron chi connectivity index (χ0n) is 7.85. The summed E-state index contributed by atoms with van der Waals surface area (Å²) < 4.78 is 0. The van der Waals surface area contributed by atoms with Gasteiger partial charge in [-0.3, -0.25) is 9.59 Å². The Hall–Kier alpha value is -0.660. The second-order valence-electron chi connectivity index (χ2n) is 3.45. The van der Waals surface area contributed by atoms with Crippen molar-refractivity contribution in [2.45, 2.75) is 46.0 Å². The van der Waals surface area contributed by atoms with Gasteiger partial charge in [0.2, 0.25) is 0 Å². The molecule has 68 valence electrons. The van der Waals surface area contributed by atoms with E-state index >= 15 is 0 Å². The fourth-order valence-corrected chi connectivity index (χ4v) is 1.96.